The summed E-state index contributed by atoms with van der Waals surface area (Å²) in [7, 11) is 0. The molecule has 0 radical (unpaired) electrons. The molecule has 94 valence electrons. The largest absolute Gasteiger partial charge is 0.312 e. The average molecular weight is 235 g/mol. The molecule has 17 heavy (non-hydrogen) atoms. The summed E-state index contributed by atoms with van der Waals surface area (Å²) in [5.41, 5.74) is 1.55. The predicted octanol–water partition coefficient (Wildman–Crippen LogP) is 3.60. The van der Waals surface area contributed by atoms with Crippen molar-refractivity contribution >= 4 is 0 Å². The molecule has 0 amide bonds. The van der Waals surface area contributed by atoms with Gasteiger partial charge in [0.1, 0.15) is 5.82 Å². The Balaban J connectivity index is 1.84. The van der Waals surface area contributed by atoms with E-state index in [2.05, 4.69) is 33.0 Å². The second-order valence-electron chi connectivity index (χ2n) is 6.22. The Hall–Kier alpha value is -0.890. The standard InChI is InChI=1S/C15H22FN/c1-14(2)13(15(14,3)4)10-17-9-11-7-5-6-8-12(11)16/h5-8,13,17H,9-10H2,1-4H3. The smallest absolute Gasteiger partial charge is 0.127 e. The molecule has 2 heteroatoms. The number of benzene rings is 1. The Morgan fingerprint density at radius 1 is 1.12 bits per heavy atom. The summed E-state index contributed by atoms with van der Waals surface area (Å²) in [5, 5.41) is 3.38. The van der Waals surface area contributed by atoms with Gasteiger partial charge < -0.3 is 5.32 Å². The van der Waals surface area contributed by atoms with Gasteiger partial charge in [0.15, 0.2) is 0 Å². The van der Waals surface area contributed by atoms with Gasteiger partial charge in [-0.15, -0.1) is 0 Å². The van der Waals surface area contributed by atoms with Gasteiger partial charge >= 0.3 is 0 Å². The van der Waals surface area contributed by atoms with Crippen LogP contribution in [0.3, 0.4) is 0 Å². The maximum Gasteiger partial charge on any atom is 0.127 e. The zero-order valence-corrected chi connectivity index (χ0v) is 11.2. The highest BCUT2D eigenvalue weighted by Crippen LogP contribution is 2.67. The first-order valence-electron chi connectivity index (χ1n) is 6.31. The van der Waals surface area contributed by atoms with E-state index in [1.54, 1.807) is 6.07 Å². The predicted molar refractivity (Wildman–Crippen MR) is 69.2 cm³/mol. The summed E-state index contributed by atoms with van der Waals surface area (Å²) < 4.78 is 13.4. The van der Waals surface area contributed by atoms with Gasteiger partial charge in [0.25, 0.3) is 0 Å². The van der Waals surface area contributed by atoms with Crippen molar-refractivity contribution in [3.05, 3.63) is 35.6 Å². The van der Waals surface area contributed by atoms with Crippen molar-refractivity contribution in [2.24, 2.45) is 16.7 Å². The Kier molecular flexibility index (Phi) is 3.03. The minimum absolute atomic E-state index is 0.116. The lowest BCUT2D eigenvalue weighted by Crippen LogP contribution is -2.19. The van der Waals surface area contributed by atoms with Crippen LogP contribution < -0.4 is 5.32 Å². The van der Waals surface area contributed by atoms with Crippen LogP contribution in [0, 0.1) is 22.6 Å². The van der Waals surface area contributed by atoms with Crippen molar-refractivity contribution in [2.45, 2.75) is 34.2 Å². The molecule has 1 aromatic carbocycles. The maximum atomic E-state index is 13.4. The molecule has 1 aliphatic rings. The second kappa shape index (κ2) is 4.09. The fourth-order valence-electron chi connectivity index (χ4n) is 2.84. The van der Waals surface area contributed by atoms with Crippen LogP contribution in [0.5, 0.6) is 0 Å². The lowest BCUT2D eigenvalue weighted by molar-refractivity contribution is 0.457. The van der Waals surface area contributed by atoms with E-state index in [-0.39, 0.29) is 5.82 Å². The Morgan fingerprint density at radius 3 is 2.24 bits per heavy atom. The van der Waals surface area contributed by atoms with Crippen LogP contribution in [0.2, 0.25) is 0 Å². The highest BCUT2D eigenvalue weighted by atomic mass is 19.1. The molecule has 1 N–H and O–H groups in total. The van der Waals surface area contributed by atoms with Crippen molar-refractivity contribution in [1.82, 2.24) is 5.32 Å². The molecule has 0 atom stereocenters. The zero-order valence-electron chi connectivity index (χ0n) is 11.2. The molecule has 1 aromatic rings. The molecule has 0 saturated heterocycles. The van der Waals surface area contributed by atoms with E-state index in [1.807, 2.05) is 12.1 Å². The summed E-state index contributed by atoms with van der Waals surface area (Å²) >= 11 is 0. The lowest BCUT2D eigenvalue weighted by Gasteiger charge is -2.07. The van der Waals surface area contributed by atoms with Gasteiger partial charge in [0.05, 0.1) is 0 Å². The SMILES string of the molecule is CC1(C)C(CNCc2ccccc2F)C1(C)C. The topological polar surface area (TPSA) is 12.0 Å². The van der Waals surface area contributed by atoms with Gasteiger partial charge in [-0.1, -0.05) is 45.9 Å². The van der Waals surface area contributed by atoms with Gasteiger partial charge in [-0.05, 0) is 29.4 Å². The van der Waals surface area contributed by atoms with Crippen LogP contribution in [0.1, 0.15) is 33.3 Å². The summed E-state index contributed by atoms with van der Waals surface area (Å²) in [6.45, 7) is 10.8. The van der Waals surface area contributed by atoms with Crippen molar-refractivity contribution in [3.63, 3.8) is 0 Å². The van der Waals surface area contributed by atoms with Crippen molar-refractivity contribution in [1.29, 1.82) is 0 Å². The fourth-order valence-corrected chi connectivity index (χ4v) is 2.84. The van der Waals surface area contributed by atoms with E-state index in [1.165, 1.54) is 6.07 Å². The summed E-state index contributed by atoms with van der Waals surface area (Å²) in [6, 6.07) is 6.96. The molecule has 0 bridgehead atoms. The van der Waals surface area contributed by atoms with Crippen LogP contribution in [-0.4, -0.2) is 6.54 Å². The third-order valence-electron chi connectivity index (χ3n) is 4.94. The van der Waals surface area contributed by atoms with E-state index in [4.69, 9.17) is 0 Å². The van der Waals surface area contributed by atoms with Gasteiger partial charge in [-0.25, -0.2) is 4.39 Å². The van der Waals surface area contributed by atoms with Crippen LogP contribution >= 0.6 is 0 Å². The lowest BCUT2D eigenvalue weighted by atomic mass is 10.0. The number of hydrogen-bond donors (Lipinski definition) is 1. The highest BCUT2D eigenvalue weighted by Gasteiger charge is 2.63. The minimum Gasteiger partial charge on any atom is -0.312 e. The Bertz CT molecular complexity index is 395. The van der Waals surface area contributed by atoms with E-state index >= 15 is 0 Å². The average Bonchev–Trinajstić information content (AvgIpc) is 2.63. The molecule has 1 saturated carbocycles. The van der Waals surface area contributed by atoms with Crippen LogP contribution in [0.15, 0.2) is 24.3 Å². The normalized spacial score (nSPS) is 21.5. The third-order valence-corrected chi connectivity index (χ3v) is 4.94. The molecule has 0 spiro atoms. The minimum atomic E-state index is -0.116. The quantitative estimate of drug-likeness (QED) is 0.841. The molecule has 1 nitrogen and oxygen atoms in total. The molecule has 1 fully saturated rings. The fraction of sp³-hybridized carbons (Fsp3) is 0.600. The molecule has 0 unspecified atom stereocenters. The number of nitrogens with one attached hydrogen (secondary N) is 1. The van der Waals surface area contributed by atoms with Gasteiger partial charge in [-0.2, -0.15) is 0 Å². The van der Waals surface area contributed by atoms with Crippen molar-refractivity contribution in [3.8, 4) is 0 Å². The molecule has 0 aliphatic heterocycles. The molecule has 2 rings (SSSR count). The Labute approximate surface area is 103 Å². The number of rotatable bonds is 4. The number of hydrogen-bond acceptors (Lipinski definition) is 1. The molecule has 0 aromatic heterocycles. The van der Waals surface area contributed by atoms with E-state index in [0.29, 0.717) is 23.3 Å². The molecular weight excluding hydrogens is 213 g/mol. The molecule has 1 aliphatic carbocycles. The van der Waals surface area contributed by atoms with Crippen LogP contribution in [0.4, 0.5) is 4.39 Å². The first-order chi connectivity index (χ1) is 7.87. The summed E-state index contributed by atoms with van der Waals surface area (Å²) in [5.74, 6) is 0.566. The van der Waals surface area contributed by atoms with E-state index < -0.39 is 0 Å². The van der Waals surface area contributed by atoms with Crippen molar-refractivity contribution < 1.29 is 4.39 Å². The maximum absolute atomic E-state index is 13.4. The summed E-state index contributed by atoms with van der Waals surface area (Å²) in [4.78, 5) is 0. The van der Waals surface area contributed by atoms with Gasteiger partial charge in [0.2, 0.25) is 0 Å². The van der Waals surface area contributed by atoms with Crippen LogP contribution in [0.25, 0.3) is 0 Å². The van der Waals surface area contributed by atoms with E-state index in [0.717, 1.165) is 12.1 Å². The van der Waals surface area contributed by atoms with Crippen LogP contribution in [-0.2, 0) is 6.54 Å². The first kappa shape index (κ1) is 12.6. The first-order valence-corrected chi connectivity index (χ1v) is 6.31. The highest BCUT2D eigenvalue weighted by molar-refractivity contribution is 5.17. The van der Waals surface area contributed by atoms with Crippen molar-refractivity contribution in [2.75, 3.05) is 6.54 Å². The van der Waals surface area contributed by atoms with E-state index in [9.17, 15) is 4.39 Å². The van der Waals surface area contributed by atoms with Gasteiger partial charge in [-0.3, -0.25) is 0 Å². The third kappa shape index (κ3) is 2.11. The molecular formula is C15H22FN. The Morgan fingerprint density at radius 2 is 1.71 bits per heavy atom. The second-order valence-corrected chi connectivity index (χ2v) is 6.22. The zero-order chi connectivity index (χ0) is 12.7. The summed E-state index contributed by atoms with van der Waals surface area (Å²) in [6.07, 6.45) is 0. The molecule has 0 heterocycles. The van der Waals surface area contributed by atoms with Gasteiger partial charge in [0, 0.05) is 12.1 Å². The number of halogens is 1. The monoisotopic (exact) mass is 235 g/mol.